The zero-order valence-corrected chi connectivity index (χ0v) is 38.2. The first-order chi connectivity index (χ1) is 31.1. The van der Waals surface area contributed by atoms with Crippen LogP contribution in [0, 0.1) is 6.57 Å². The molecular formula is C49H59N6O8P. The molecule has 0 aliphatic carbocycles. The summed E-state index contributed by atoms with van der Waals surface area (Å²) in [5, 5.41) is 7.08. The highest BCUT2D eigenvalue weighted by Crippen LogP contribution is 2.55. The zero-order chi connectivity index (χ0) is 44.8. The van der Waals surface area contributed by atoms with Crippen LogP contribution in [0.4, 0.5) is 0 Å². The molecule has 15 heteroatoms. The summed E-state index contributed by atoms with van der Waals surface area (Å²) in [5.74, 6) is 1.49. The van der Waals surface area contributed by atoms with Gasteiger partial charge in [0.05, 0.1) is 33.8 Å². The number of carbonyl (C=O) groups excluding carboxylic acids is 1. The van der Waals surface area contributed by atoms with E-state index in [0.29, 0.717) is 12.2 Å². The molecule has 4 unspecified atom stereocenters. The van der Waals surface area contributed by atoms with Crippen LogP contribution in [0.1, 0.15) is 61.2 Å². The number of hydrogen-bond donors (Lipinski definition) is 2. The minimum Gasteiger partial charge on any atom is -0.497 e. The molecule has 2 bridgehead atoms. The van der Waals surface area contributed by atoms with Crippen LogP contribution in [0.15, 0.2) is 114 Å². The van der Waals surface area contributed by atoms with E-state index in [4.69, 9.17) is 44.3 Å². The molecular weight excluding hydrogens is 832 g/mol. The number of aliphatic imine (C=N–C) groups is 1. The van der Waals surface area contributed by atoms with E-state index in [-0.39, 0.29) is 68.9 Å². The van der Waals surface area contributed by atoms with Gasteiger partial charge in [0.15, 0.2) is 12.0 Å². The summed E-state index contributed by atoms with van der Waals surface area (Å²) in [6.45, 7) is 17.1. The maximum Gasteiger partial charge on any atom is 0.259 e. The van der Waals surface area contributed by atoms with Gasteiger partial charge in [0.25, 0.3) is 8.53 Å². The number of benzene rings is 4. The van der Waals surface area contributed by atoms with Gasteiger partial charge in [-0.3, -0.25) is 20.4 Å². The molecule has 0 radical (unpaired) electrons. The fourth-order valence-electron chi connectivity index (χ4n) is 9.39. The lowest BCUT2D eigenvalue weighted by Crippen LogP contribution is -2.65. The molecule has 338 valence electrons. The number of fused-ring (bicyclic) bond motifs is 3. The minimum atomic E-state index is -1.71. The normalized spacial score (nSPS) is 25.5. The SMILES string of the molecule is [C-]#[N+]CCOP(O[C@H]1[C@H]2OC[C@]1(COC(c1ccccc1)(c1ccc(OC)cc1)c1ccc(OC)cc1)O[C@H]2N1C=NC2C(CC(=O)c3ccccc3)NCNC21)N(C(C)C)C(C)C. The van der Waals surface area contributed by atoms with Crippen molar-refractivity contribution in [2.45, 2.75) is 94.1 Å². The van der Waals surface area contributed by atoms with E-state index in [9.17, 15) is 4.79 Å². The van der Waals surface area contributed by atoms with Crippen molar-refractivity contribution in [2.24, 2.45) is 4.99 Å². The van der Waals surface area contributed by atoms with Crippen molar-refractivity contribution in [2.75, 3.05) is 47.3 Å². The topological polar surface area (TPSA) is 129 Å². The van der Waals surface area contributed by atoms with Gasteiger partial charge in [-0.25, -0.2) is 11.2 Å². The van der Waals surface area contributed by atoms with Crippen LogP contribution >= 0.6 is 8.53 Å². The van der Waals surface area contributed by atoms with Crippen LogP contribution in [-0.4, -0.2) is 123 Å². The van der Waals surface area contributed by atoms with E-state index in [0.717, 1.165) is 28.2 Å². The summed E-state index contributed by atoms with van der Waals surface area (Å²) in [4.78, 5) is 24.1. The number of nitrogens with one attached hydrogen (secondary N) is 2. The Labute approximate surface area is 378 Å². The lowest BCUT2D eigenvalue weighted by molar-refractivity contribution is -0.213. The smallest absolute Gasteiger partial charge is 0.259 e. The highest BCUT2D eigenvalue weighted by atomic mass is 31.2. The Morgan fingerprint density at radius 2 is 1.52 bits per heavy atom. The average Bonchev–Trinajstić information content (AvgIpc) is 4.00. The number of methoxy groups -OCH3 is 2. The monoisotopic (exact) mass is 890 g/mol. The van der Waals surface area contributed by atoms with Gasteiger partial charge in [-0.1, -0.05) is 84.9 Å². The second kappa shape index (κ2) is 20.2. The van der Waals surface area contributed by atoms with Crippen molar-refractivity contribution in [1.82, 2.24) is 20.2 Å². The molecule has 0 aromatic heterocycles. The molecule has 8 atom stereocenters. The predicted octanol–water partition coefficient (Wildman–Crippen LogP) is 7.00. The minimum absolute atomic E-state index is 0.0501. The Bertz CT molecular complexity index is 2170. The van der Waals surface area contributed by atoms with Crippen molar-refractivity contribution >= 4 is 20.6 Å². The highest BCUT2D eigenvalue weighted by molar-refractivity contribution is 7.44. The van der Waals surface area contributed by atoms with E-state index in [1.807, 2.05) is 103 Å². The molecule has 4 aromatic rings. The number of Topliss-reactive ketones (excluding diaryl/α,β-unsaturated/α-hetero) is 1. The number of hydrogen-bond acceptors (Lipinski definition) is 13. The number of ether oxygens (including phenoxy) is 5. The van der Waals surface area contributed by atoms with Gasteiger partial charge in [0.1, 0.15) is 53.7 Å². The van der Waals surface area contributed by atoms with Crippen molar-refractivity contribution in [1.29, 1.82) is 0 Å². The first kappa shape index (κ1) is 45.8. The van der Waals surface area contributed by atoms with Gasteiger partial charge < -0.3 is 42.5 Å². The molecule has 4 aromatic carbocycles. The molecule has 64 heavy (non-hydrogen) atoms. The van der Waals surface area contributed by atoms with Crippen LogP contribution in [-0.2, 0) is 28.9 Å². The summed E-state index contributed by atoms with van der Waals surface area (Å²) in [6, 6.07) is 35.1. The largest absolute Gasteiger partial charge is 0.497 e. The number of nitrogens with zero attached hydrogens (tertiary/aromatic N) is 4. The van der Waals surface area contributed by atoms with Crippen LogP contribution < -0.4 is 20.1 Å². The third kappa shape index (κ3) is 9.07. The lowest BCUT2D eigenvalue weighted by Gasteiger charge is -2.43. The summed E-state index contributed by atoms with van der Waals surface area (Å²) in [7, 11) is 1.60. The van der Waals surface area contributed by atoms with E-state index in [1.54, 1.807) is 14.2 Å². The number of rotatable bonds is 20. The summed E-state index contributed by atoms with van der Waals surface area (Å²) in [5.41, 5.74) is 1.05. The van der Waals surface area contributed by atoms with Crippen LogP contribution in [0.3, 0.4) is 0 Å². The Balaban J connectivity index is 1.17. The second-order valence-electron chi connectivity index (χ2n) is 17.0. The highest BCUT2D eigenvalue weighted by Gasteiger charge is 2.67. The molecule has 4 aliphatic heterocycles. The molecule has 4 aliphatic rings. The van der Waals surface area contributed by atoms with Gasteiger partial charge in [0, 0.05) is 36.8 Å². The molecule has 0 saturated carbocycles. The third-order valence-corrected chi connectivity index (χ3v) is 14.5. The summed E-state index contributed by atoms with van der Waals surface area (Å²) >= 11 is 0. The van der Waals surface area contributed by atoms with Crippen LogP contribution in [0.25, 0.3) is 4.85 Å². The summed E-state index contributed by atoms with van der Waals surface area (Å²) in [6.07, 6.45) is -0.0698. The Hall–Kier alpha value is -4.78. The molecule has 4 heterocycles. The number of carbonyl (C=O) groups is 1. The van der Waals surface area contributed by atoms with Crippen LogP contribution in [0.2, 0.25) is 0 Å². The van der Waals surface area contributed by atoms with Crippen molar-refractivity contribution in [3.63, 3.8) is 0 Å². The van der Waals surface area contributed by atoms with Gasteiger partial charge in [-0.15, -0.1) is 0 Å². The molecule has 0 spiro atoms. The van der Waals surface area contributed by atoms with E-state index in [1.165, 1.54) is 0 Å². The van der Waals surface area contributed by atoms with Gasteiger partial charge in [-0.05, 0) is 68.7 Å². The van der Waals surface area contributed by atoms with E-state index < -0.39 is 38.2 Å². The Morgan fingerprint density at radius 1 is 0.906 bits per heavy atom. The maximum atomic E-state index is 13.5. The molecule has 2 N–H and O–H groups in total. The average molecular weight is 891 g/mol. The van der Waals surface area contributed by atoms with Gasteiger partial charge >= 0.3 is 0 Å². The molecule has 8 rings (SSSR count). The van der Waals surface area contributed by atoms with Crippen molar-refractivity contribution < 1.29 is 37.5 Å². The molecule has 0 amide bonds. The van der Waals surface area contributed by atoms with Crippen LogP contribution in [0.5, 0.6) is 11.5 Å². The standard InChI is InChI=1S/C49H59N6O8P/c1-33(2)55(34(3)4)64(61-27-26-50-5)63-45-44-47(54-32-53-43-41(51-31-52-46(43)54)28-42(56)35-14-10-8-11-15-35)62-48(45,29-59-44)30-60-49(36-16-12-9-13-17-36,37-18-22-39(57-6)23-19-37)38-20-24-40(58-7)25-21-38/h8-25,32-34,41,43-47,51-52H,26-31H2,1-4,6-7H3/t41?,43?,44-,45+,46?,47-,48-,64?/m1/s1. The lowest BCUT2D eigenvalue weighted by atomic mass is 9.79. The third-order valence-electron chi connectivity index (χ3n) is 12.4. The van der Waals surface area contributed by atoms with E-state index >= 15 is 0 Å². The molecule has 3 saturated heterocycles. The maximum absolute atomic E-state index is 13.5. The predicted molar refractivity (Wildman–Crippen MR) is 245 cm³/mol. The second-order valence-corrected chi connectivity index (χ2v) is 18.4. The van der Waals surface area contributed by atoms with Gasteiger partial charge in [-0.2, -0.15) is 0 Å². The first-order valence-corrected chi connectivity index (χ1v) is 23.1. The fraction of sp³-hybridized carbons (Fsp3) is 0.449. The quantitative estimate of drug-likeness (QED) is 0.0312. The van der Waals surface area contributed by atoms with Gasteiger partial charge in [0.2, 0.25) is 6.54 Å². The Morgan fingerprint density at radius 3 is 2.11 bits per heavy atom. The summed E-state index contributed by atoms with van der Waals surface area (Å²) < 4.78 is 49.0. The molecule has 3 fully saturated rings. The Kier molecular flexibility index (Phi) is 14.4. The van der Waals surface area contributed by atoms with E-state index in [2.05, 4.69) is 64.9 Å². The molecule has 14 nitrogen and oxygen atoms in total. The van der Waals surface area contributed by atoms with Crippen molar-refractivity contribution in [3.8, 4) is 11.5 Å². The van der Waals surface area contributed by atoms with Crippen molar-refractivity contribution in [3.05, 3.63) is 143 Å². The fourth-order valence-corrected chi connectivity index (χ4v) is 11.2. The first-order valence-electron chi connectivity index (χ1n) is 22.0. The number of ketones is 1. The zero-order valence-electron chi connectivity index (χ0n) is 37.3.